The second kappa shape index (κ2) is 6.33. The van der Waals surface area contributed by atoms with Gasteiger partial charge in [0.25, 0.3) is 10.0 Å². The van der Waals surface area contributed by atoms with Gasteiger partial charge in [-0.05, 0) is 29.7 Å². The first-order chi connectivity index (χ1) is 11.4. The maximum Gasteiger partial charge on any atom is 0.262 e. The lowest BCUT2D eigenvalue weighted by atomic mass is 10.1. The van der Waals surface area contributed by atoms with E-state index < -0.39 is 10.0 Å². The number of halogens is 2. The number of sulfonamides is 1. The molecule has 1 N–H and O–H groups in total. The summed E-state index contributed by atoms with van der Waals surface area (Å²) in [4.78, 5) is -0.0724. The highest BCUT2D eigenvalue weighted by molar-refractivity contribution is 7.92. The van der Waals surface area contributed by atoms with Crippen LogP contribution >= 0.6 is 23.2 Å². The molecule has 3 aromatic carbocycles. The first kappa shape index (κ1) is 16.6. The third kappa shape index (κ3) is 3.17. The number of hydrogen-bond donors (Lipinski definition) is 1. The lowest BCUT2D eigenvalue weighted by Crippen LogP contribution is -2.14. The summed E-state index contributed by atoms with van der Waals surface area (Å²) in [5.41, 5.74) is 0.456. The average Bonchev–Trinajstić information content (AvgIpc) is 2.54. The number of rotatable bonds is 3. The Kier molecular flexibility index (Phi) is 4.37. The lowest BCUT2D eigenvalue weighted by Gasteiger charge is -2.13. The zero-order chi connectivity index (χ0) is 17.3. The second-order valence-electron chi connectivity index (χ2n) is 5.03. The summed E-state index contributed by atoms with van der Waals surface area (Å²) >= 11 is 11.8. The highest BCUT2D eigenvalue weighted by Gasteiger charge is 2.19. The number of nitriles is 1. The predicted molar refractivity (Wildman–Crippen MR) is 95.9 cm³/mol. The van der Waals surface area contributed by atoms with Crippen LogP contribution in [0.25, 0.3) is 10.8 Å². The molecule has 0 radical (unpaired) electrons. The fourth-order valence-electron chi connectivity index (χ4n) is 2.35. The van der Waals surface area contributed by atoms with Gasteiger partial charge < -0.3 is 0 Å². The molecule has 0 unspecified atom stereocenters. The molecule has 120 valence electrons. The van der Waals surface area contributed by atoms with Crippen LogP contribution in [0.3, 0.4) is 0 Å². The molecule has 24 heavy (non-hydrogen) atoms. The van der Waals surface area contributed by atoms with Crippen LogP contribution in [0, 0.1) is 11.3 Å². The highest BCUT2D eigenvalue weighted by Crippen LogP contribution is 2.30. The molecule has 0 fully saturated rings. The molecule has 0 heterocycles. The number of nitrogens with zero attached hydrogens (tertiary/aromatic N) is 1. The molecular formula is C17H10Cl2N2O2S. The predicted octanol–water partition coefficient (Wildman–Crippen LogP) is 4.82. The zero-order valence-corrected chi connectivity index (χ0v) is 14.5. The summed E-state index contributed by atoms with van der Waals surface area (Å²) in [5.74, 6) is 0. The Morgan fingerprint density at radius 2 is 1.62 bits per heavy atom. The van der Waals surface area contributed by atoms with E-state index in [1.54, 1.807) is 24.3 Å². The van der Waals surface area contributed by atoms with Crippen molar-refractivity contribution in [1.29, 1.82) is 5.26 Å². The molecule has 4 nitrogen and oxygen atoms in total. The third-order valence-corrected chi connectivity index (χ3v) is 5.20. The molecule has 0 atom stereocenters. The van der Waals surface area contributed by atoms with E-state index in [-0.39, 0.29) is 26.2 Å². The Balaban J connectivity index is 2.17. The second-order valence-corrected chi connectivity index (χ2v) is 7.59. The molecule has 3 rings (SSSR count). The fraction of sp³-hybridized carbons (Fsp3) is 0. The van der Waals surface area contributed by atoms with Gasteiger partial charge in [-0.3, -0.25) is 4.72 Å². The molecule has 3 aromatic rings. The van der Waals surface area contributed by atoms with Gasteiger partial charge in [-0.25, -0.2) is 8.42 Å². The summed E-state index contributed by atoms with van der Waals surface area (Å²) in [6.07, 6.45) is 0. The highest BCUT2D eigenvalue weighted by atomic mass is 35.5. The van der Waals surface area contributed by atoms with Gasteiger partial charge in [-0.15, -0.1) is 0 Å². The van der Waals surface area contributed by atoms with Gasteiger partial charge in [0.1, 0.15) is 6.07 Å². The summed E-state index contributed by atoms with van der Waals surface area (Å²) in [6.45, 7) is 0. The van der Waals surface area contributed by atoms with Gasteiger partial charge in [0.15, 0.2) is 0 Å². The topological polar surface area (TPSA) is 70.0 Å². The van der Waals surface area contributed by atoms with Gasteiger partial charge in [-0.1, -0.05) is 53.5 Å². The maximum absolute atomic E-state index is 12.7. The van der Waals surface area contributed by atoms with Gasteiger partial charge >= 0.3 is 0 Å². The number of hydrogen-bond acceptors (Lipinski definition) is 3. The van der Waals surface area contributed by atoms with Crippen LogP contribution in [0.2, 0.25) is 10.0 Å². The van der Waals surface area contributed by atoms with E-state index in [2.05, 4.69) is 4.72 Å². The van der Waals surface area contributed by atoms with Crippen molar-refractivity contribution in [3.63, 3.8) is 0 Å². The smallest absolute Gasteiger partial charge is 0.262 e. The largest absolute Gasteiger partial charge is 0.278 e. The zero-order valence-electron chi connectivity index (χ0n) is 12.1. The molecule has 0 aliphatic rings. The van der Waals surface area contributed by atoms with Crippen LogP contribution in [-0.4, -0.2) is 8.42 Å². The van der Waals surface area contributed by atoms with Gasteiger partial charge in [-0.2, -0.15) is 5.26 Å². The Morgan fingerprint density at radius 3 is 2.29 bits per heavy atom. The van der Waals surface area contributed by atoms with Crippen molar-refractivity contribution < 1.29 is 8.42 Å². The van der Waals surface area contributed by atoms with Crippen LogP contribution < -0.4 is 4.72 Å². The molecule has 7 heteroatoms. The Labute approximate surface area is 149 Å². The summed E-state index contributed by atoms with van der Waals surface area (Å²) in [7, 11) is -3.95. The minimum Gasteiger partial charge on any atom is -0.278 e. The minimum absolute atomic E-state index is 0.0724. The third-order valence-electron chi connectivity index (χ3n) is 3.43. The van der Waals surface area contributed by atoms with Crippen molar-refractivity contribution in [2.75, 3.05) is 4.72 Å². The molecule has 0 aliphatic carbocycles. The van der Waals surface area contributed by atoms with Crippen LogP contribution in [0.1, 0.15) is 5.56 Å². The summed E-state index contributed by atoms with van der Waals surface area (Å²) < 4.78 is 27.8. The van der Waals surface area contributed by atoms with Crippen LogP contribution in [0.15, 0.2) is 59.5 Å². The van der Waals surface area contributed by atoms with E-state index >= 15 is 0 Å². The monoisotopic (exact) mass is 376 g/mol. The molecule has 0 saturated heterocycles. The summed E-state index contributed by atoms with van der Waals surface area (Å²) in [5, 5.41) is 11.2. The lowest BCUT2D eigenvalue weighted by molar-refractivity contribution is 0.601. The van der Waals surface area contributed by atoms with E-state index in [1.807, 2.05) is 18.2 Å². The number of nitrogens with one attached hydrogen (secondary N) is 1. The van der Waals surface area contributed by atoms with Gasteiger partial charge in [0.05, 0.1) is 16.1 Å². The van der Waals surface area contributed by atoms with E-state index in [9.17, 15) is 13.7 Å². The van der Waals surface area contributed by atoms with E-state index in [0.717, 1.165) is 5.39 Å². The first-order valence-corrected chi connectivity index (χ1v) is 9.05. The minimum atomic E-state index is -3.95. The fourth-order valence-corrected chi connectivity index (χ4v) is 4.18. The SMILES string of the molecule is N#Cc1ccc2ccccc2c1NS(=O)(=O)c1cc(Cl)cc(Cl)c1. The maximum atomic E-state index is 12.7. The molecule has 0 aliphatic heterocycles. The molecule has 0 aromatic heterocycles. The Hall–Kier alpha value is -2.26. The number of fused-ring (bicyclic) bond motifs is 1. The van der Waals surface area contributed by atoms with E-state index in [0.29, 0.717) is 5.39 Å². The Morgan fingerprint density at radius 1 is 0.958 bits per heavy atom. The van der Waals surface area contributed by atoms with Crippen molar-refractivity contribution in [3.05, 3.63) is 70.2 Å². The van der Waals surface area contributed by atoms with E-state index in [4.69, 9.17) is 23.2 Å². The number of benzene rings is 3. The van der Waals surface area contributed by atoms with Crippen LogP contribution in [0.5, 0.6) is 0 Å². The van der Waals surface area contributed by atoms with Gasteiger partial charge in [0.2, 0.25) is 0 Å². The van der Waals surface area contributed by atoms with Crippen molar-refractivity contribution in [2.45, 2.75) is 4.90 Å². The van der Waals surface area contributed by atoms with Crippen molar-refractivity contribution in [2.24, 2.45) is 0 Å². The molecule has 0 amide bonds. The molecule has 0 spiro atoms. The van der Waals surface area contributed by atoms with Crippen LogP contribution in [-0.2, 0) is 10.0 Å². The average molecular weight is 377 g/mol. The number of anilines is 1. The standard InChI is InChI=1S/C17H10Cl2N2O2S/c18-13-7-14(19)9-15(8-13)24(22,23)21-17-12(10-20)6-5-11-3-1-2-4-16(11)17/h1-9,21H. The molecular weight excluding hydrogens is 367 g/mol. The summed E-state index contributed by atoms with van der Waals surface area (Å²) in [6, 6.07) is 16.6. The van der Waals surface area contributed by atoms with Gasteiger partial charge in [0, 0.05) is 15.4 Å². The normalized spacial score (nSPS) is 11.2. The Bertz CT molecular complexity index is 1070. The molecule has 0 saturated carbocycles. The van der Waals surface area contributed by atoms with Crippen molar-refractivity contribution >= 4 is 49.7 Å². The molecule has 0 bridgehead atoms. The van der Waals surface area contributed by atoms with Crippen molar-refractivity contribution in [1.82, 2.24) is 0 Å². The van der Waals surface area contributed by atoms with Crippen LogP contribution in [0.4, 0.5) is 5.69 Å². The first-order valence-electron chi connectivity index (χ1n) is 6.81. The van der Waals surface area contributed by atoms with E-state index in [1.165, 1.54) is 18.2 Å². The quantitative estimate of drug-likeness (QED) is 0.712. The van der Waals surface area contributed by atoms with Crippen molar-refractivity contribution in [3.8, 4) is 6.07 Å².